The van der Waals surface area contributed by atoms with Gasteiger partial charge in [-0.15, -0.1) is 5.48 Å². The molecule has 0 bridgehead atoms. The van der Waals surface area contributed by atoms with Crippen LogP contribution >= 0.6 is 0 Å². The quantitative estimate of drug-likeness (QED) is 0.302. The Morgan fingerprint density at radius 1 is 1.08 bits per heavy atom. The van der Waals surface area contributed by atoms with Crippen molar-refractivity contribution in [3.8, 4) is 17.2 Å². The van der Waals surface area contributed by atoms with Crippen LogP contribution in [0.25, 0.3) is 0 Å². The molecule has 0 fully saturated rings. The van der Waals surface area contributed by atoms with Gasteiger partial charge in [-0.05, 0) is 49.1 Å². The Morgan fingerprint density at radius 3 is 2.42 bits per heavy atom. The molecule has 1 aliphatic heterocycles. The van der Waals surface area contributed by atoms with Crippen LogP contribution in [0.4, 0.5) is 4.79 Å². The number of aliphatic hydroxyl groups is 2. The van der Waals surface area contributed by atoms with Crippen molar-refractivity contribution < 1.29 is 42.5 Å². The van der Waals surface area contributed by atoms with Crippen molar-refractivity contribution in [2.45, 2.75) is 49.6 Å². The summed E-state index contributed by atoms with van der Waals surface area (Å²) in [7, 11) is -3.95. The molecule has 4 N–H and O–H groups in total. The number of hydrogen-bond acceptors (Lipinski definition) is 10. The number of rotatable bonds is 12. The van der Waals surface area contributed by atoms with Gasteiger partial charge in [0.1, 0.15) is 12.4 Å². The van der Waals surface area contributed by atoms with Crippen LogP contribution < -0.4 is 25.0 Å². The summed E-state index contributed by atoms with van der Waals surface area (Å²) < 4.78 is 42.3. The van der Waals surface area contributed by atoms with E-state index in [0.29, 0.717) is 17.2 Å². The summed E-state index contributed by atoms with van der Waals surface area (Å²) in [6, 6.07) is 10.6. The molecule has 3 atom stereocenters. The first-order valence-electron chi connectivity index (χ1n) is 11.5. The van der Waals surface area contributed by atoms with Crippen molar-refractivity contribution in [2.24, 2.45) is 5.92 Å². The Morgan fingerprint density at radius 2 is 1.78 bits per heavy atom. The van der Waals surface area contributed by atoms with Gasteiger partial charge in [-0.3, -0.25) is 0 Å². The van der Waals surface area contributed by atoms with Gasteiger partial charge in [-0.1, -0.05) is 26.0 Å². The lowest BCUT2D eigenvalue weighted by atomic mass is 10.0. The first-order chi connectivity index (χ1) is 17.1. The molecule has 2 aromatic rings. The summed E-state index contributed by atoms with van der Waals surface area (Å²) in [5.41, 5.74) is 3.19. The molecule has 11 nitrogen and oxygen atoms in total. The molecule has 3 rings (SSSR count). The molecule has 0 aliphatic carbocycles. The van der Waals surface area contributed by atoms with Crippen LogP contribution in [0.1, 0.15) is 26.3 Å². The predicted octanol–water partition coefficient (Wildman–Crippen LogP) is 1.77. The number of nitrogens with one attached hydrogen (secondary N) is 2. The molecular weight excluding hydrogens is 492 g/mol. The molecule has 0 saturated carbocycles. The van der Waals surface area contributed by atoms with Gasteiger partial charge < -0.3 is 34.6 Å². The van der Waals surface area contributed by atoms with Crippen LogP contribution in [0, 0.1) is 5.92 Å². The SMILES string of the molecule is CC(C)C(NOC(=O)NC(Cc1ccc(OCCO)cc1)C(C)O)S(=O)(=O)c1ccc2c(c1)OCO2. The van der Waals surface area contributed by atoms with Crippen molar-refractivity contribution >= 4 is 15.9 Å². The molecule has 0 radical (unpaired) electrons. The maximum Gasteiger partial charge on any atom is 0.426 e. The van der Waals surface area contributed by atoms with E-state index in [9.17, 15) is 18.3 Å². The lowest BCUT2D eigenvalue weighted by molar-refractivity contribution is 0.0633. The fourth-order valence-electron chi connectivity index (χ4n) is 3.53. The number of amides is 1. The van der Waals surface area contributed by atoms with E-state index in [1.807, 2.05) is 0 Å². The first kappa shape index (κ1) is 27.5. The van der Waals surface area contributed by atoms with Gasteiger partial charge in [-0.25, -0.2) is 13.2 Å². The number of sulfone groups is 1. The molecule has 1 aliphatic rings. The number of fused-ring (bicyclic) bond motifs is 1. The van der Waals surface area contributed by atoms with Gasteiger partial charge in [0.05, 0.1) is 23.6 Å². The standard InChI is InChI=1S/C24H32N2O9S/c1-15(2)23(36(30,31)19-8-9-21-22(13-19)34-14-33-21)26-35-24(29)25-20(16(3)28)12-17-4-6-18(7-5-17)32-11-10-27/h4-9,13,15-16,20,23,26-28H,10-12,14H2,1-3H3,(H,25,29). The highest BCUT2D eigenvalue weighted by molar-refractivity contribution is 7.92. The molecule has 36 heavy (non-hydrogen) atoms. The number of carbonyl (C=O) groups is 1. The summed E-state index contributed by atoms with van der Waals surface area (Å²) >= 11 is 0. The molecule has 0 saturated heterocycles. The van der Waals surface area contributed by atoms with Gasteiger partial charge in [0.15, 0.2) is 26.7 Å². The minimum absolute atomic E-state index is 0.00442. The summed E-state index contributed by atoms with van der Waals surface area (Å²) in [6.07, 6.45) is -1.56. The normalized spacial score (nSPS) is 15.3. The van der Waals surface area contributed by atoms with E-state index < -0.39 is 39.4 Å². The van der Waals surface area contributed by atoms with Gasteiger partial charge in [-0.2, -0.15) is 0 Å². The second-order valence-corrected chi connectivity index (χ2v) is 10.7. The van der Waals surface area contributed by atoms with E-state index >= 15 is 0 Å². The van der Waals surface area contributed by atoms with Crippen LogP contribution in [-0.2, 0) is 21.1 Å². The van der Waals surface area contributed by atoms with Crippen molar-refractivity contribution in [2.75, 3.05) is 20.0 Å². The van der Waals surface area contributed by atoms with Crippen LogP contribution in [0.5, 0.6) is 17.2 Å². The van der Waals surface area contributed by atoms with E-state index in [1.165, 1.54) is 25.1 Å². The largest absolute Gasteiger partial charge is 0.491 e. The molecule has 0 spiro atoms. The highest BCUT2D eigenvalue weighted by Gasteiger charge is 2.33. The third kappa shape index (κ3) is 7.00. The van der Waals surface area contributed by atoms with E-state index in [2.05, 4.69) is 10.8 Å². The lowest BCUT2D eigenvalue weighted by Crippen LogP contribution is -2.48. The summed E-state index contributed by atoms with van der Waals surface area (Å²) in [5.74, 6) is 0.911. The zero-order chi connectivity index (χ0) is 26.3. The Hall–Kier alpha value is -3.06. The number of carbonyl (C=O) groups excluding carboxylic acids is 1. The Kier molecular flexibility index (Phi) is 9.37. The highest BCUT2D eigenvalue weighted by atomic mass is 32.2. The molecule has 3 unspecified atom stereocenters. The van der Waals surface area contributed by atoms with Gasteiger partial charge in [0.2, 0.25) is 6.79 Å². The number of aliphatic hydroxyl groups excluding tert-OH is 2. The average molecular weight is 525 g/mol. The predicted molar refractivity (Wildman–Crippen MR) is 129 cm³/mol. The molecule has 2 aromatic carbocycles. The first-order valence-corrected chi connectivity index (χ1v) is 13.0. The third-order valence-electron chi connectivity index (χ3n) is 5.50. The topological polar surface area (TPSA) is 153 Å². The maximum atomic E-state index is 13.2. The minimum atomic E-state index is -3.95. The Balaban J connectivity index is 1.62. The van der Waals surface area contributed by atoms with Gasteiger partial charge >= 0.3 is 6.09 Å². The number of benzene rings is 2. The lowest BCUT2D eigenvalue weighted by Gasteiger charge is -2.24. The fraction of sp³-hybridized carbons (Fsp3) is 0.458. The van der Waals surface area contributed by atoms with E-state index in [4.69, 9.17) is 24.2 Å². The van der Waals surface area contributed by atoms with Crippen molar-refractivity contribution in [3.63, 3.8) is 0 Å². The Bertz CT molecular complexity index is 1120. The zero-order valence-electron chi connectivity index (χ0n) is 20.3. The van der Waals surface area contributed by atoms with E-state index in [0.717, 1.165) is 5.56 Å². The average Bonchev–Trinajstić information content (AvgIpc) is 3.31. The van der Waals surface area contributed by atoms with Crippen molar-refractivity contribution in [3.05, 3.63) is 48.0 Å². The smallest absolute Gasteiger partial charge is 0.426 e. The summed E-state index contributed by atoms with van der Waals surface area (Å²) in [4.78, 5) is 17.5. The Labute approximate surface area is 210 Å². The monoisotopic (exact) mass is 524 g/mol. The van der Waals surface area contributed by atoms with Crippen LogP contribution in [0.15, 0.2) is 47.4 Å². The molecule has 198 valence electrons. The van der Waals surface area contributed by atoms with E-state index in [1.54, 1.807) is 38.1 Å². The van der Waals surface area contributed by atoms with Crippen LogP contribution in [0.2, 0.25) is 0 Å². The van der Waals surface area contributed by atoms with Crippen LogP contribution in [0.3, 0.4) is 0 Å². The fourth-order valence-corrected chi connectivity index (χ4v) is 5.25. The minimum Gasteiger partial charge on any atom is -0.491 e. The third-order valence-corrected chi connectivity index (χ3v) is 7.72. The molecule has 1 amide bonds. The summed E-state index contributed by atoms with van der Waals surface area (Å²) in [6.45, 7) is 4.98. The second kappa shape index (κ2) is 12.3. The second-order valence-electron chi connectivity index (χ2n) is 8.64. The molecule has 12 heteroatoms. The van der Waals surface area contributed by atoms with Crippen molar-refractivity contribution in [1.29, 1.82) is 0 Å². The van der Waals surface area contributed by atoms with Gasteiger partial charge in [0, 0.05) is 6.07 Å². The van der Waals surface area contributed by atoms with E-state index in [-0.39, 0.29) is 31.3 Å². The number of ether oxygens (including phenoxy) is 3. The number of hydroxylamine groups is 1. The molecule has 1 heterocycles. The highest BCUT2D eigenvalue weighted by Crippen LogP contribution is 2.35. The van der Waals surface area contributed by atoms with Crippen LogP contribution in [-0.4, -0.2) is 62.3 Å². The maximum absolute atomic E-state index is 13.2. The molecule has 0 aromatic heterocycles. The van der Waals surface area contributed by atoms with Crippen molar-refractivity contribution in [1.82, 2.24) is 10.8 Å². The molecular formula is C24H32N2O9S. The zero-order valence-corrected chi connectivity index (χ0v) is 21.2. The number of hydrogen-bond donors (Lipinski definition) is 4. The summed E-state index contributed by atoms with van der Waals surface area (Å²) in [5, 5.41) is 20.3. The van der Waals surface area contributed by atoms with Gasteiger partial charge in [0.25, 0.3) is 0 Å².